The lowest BCUT2D eigenvalue weighted by Gasteiger charge is -2.38. The SMILES string of the molecule is C[C@@]1(c2cc(N=C(c3ccccc3)c3ccccc3)ccc2F)CO[C@@H](Cc2ccccc2)C(=O)N1. The van der Waals surface area contributed by atoms with Crippen LogP contribution < -0.4 is 5.32 Å². The van der Waals surface area contributed by atoms with Crippen LogP contribution in [-0.4, -0.2) is 24.3 Å². The van der Waals surface area contributed by atoms with Crippen molar-refractivity contribution >= 4 is 17.3 Å². The summed E-state index contributed by atoms with van der Waals surface area (Å²) < 4.78 is 21.1. The van der Waals surface area contributed by atoms with Gasteiger partial charge in [-0.15, -0.1) is 0 Å². The lowest BCUT2D eigenvalue weighted by Crippen LogP contribution is -2.57. The molecule has 2 atom stereocenters. The molecular weight excluding hydrogens is 451 g/mol. The molecule has 1 N–H and O–H groups in total. The maximum Gasteiger partial charge on any atom is 0.250 e. The minimum atomic E-state index is -1.01. The fourth-order valence-corrected chi connectivity index (χ4v) is 4.48. The number of benzene rings is 4. The van der Waals surface area contributed by atoms with Crippen molar-refractivity contribution in [2.45, 2.75) is 25.0 Å². The molecule has 1 amide bonds. The Morgan fingerprint density at radius 3 is 2.08 bits per heavy atom. The van der Waals surface area contributed by atoms with E-state index in [1.165, 1.54) is 6.07 Å². The van der Waals surface area contributed by atoms with Gasteiger partial charge in [0.2, 0.25) is 5.91 Å². The molecule has 0 radical (unpaired) electrons. The quantitative estimate of drug-likeness (QED) is 0.347. The molecule has 4 aromatic rings. The smallest absolute Gasteiger partial charge is 0.250 e. The van der Waals surface area contributed by atoms with Crippen LogP contribution in [0.25, 0.3) is 0 Å². The van der Waals surface area contributed by atoms with Gasteiger partial charge in [-0.25, -0.2) is 9.38 Å². The number of amides is 1. The fourth-order valence-electron chi connectivity index (χ4n) is 4.48. The van der Waals surface area contributed by atoms with Crippen LogP contribution in [0, 0.1) is 5.82 Å². The van der Waals surface area contributed by atoms with Crippen LogP contribution in [0.1, 0.15) is 29.2 Å². The molecule has 5 rings (SSSR count). The Morgan fingerprint density at radius 1 is 0.917 bits per heavy atom. The van der Waals surface area contributed by atoms with Crippen molar-refractivity contribution < 1.29 is 13.9 Å². The van der Waals surface area contributed by atoms with E-state index in [-0.39, 0.29) is 12.5 Å². The second kappa shape index (κ2) is 10.3. The van der Waals surface area contributed by atoms with Crippen LogP contribution in [-0.2, 0) is 21.5 Å². The van der Waals surface area contributed by atoms with E-state index < -0.39 is 17.5 Å². The lowest BCUT2D eigenvalue weighted by atomic mass is 9.89. The summed E-state index contributed by atoms with van der Waals surface area (Å²) in [5, 5.41) is 3.01. The Balaban J connectivity index is 1.45. The molecule has 0 spiro atoms. The second-order valence-corrected chi connectivity index (χ2v) is 9.17. The number of nitrogens with one attached hydrogen (secondary N) is 1. The van der Waals surface area contributed by atoms with Gasteiger partial charge >= 0.3 is 0 Å². The number of nitrogens with zero attached hydrogens (tertiary/aromatic N) is 1. The first-order valence-corrected chi connectivity index (χ1v) is 12.0. The Bertz CT molecular complexity index is 1330. The first kappa shape index (κ1) is 23.6. The van der Waals surface area contributed by atoms with Crippen LogP contribution in [0.15, 0.2) is 114 Å². The van der Waals surface area contributed by atoms with Crippen molar-refractivity contribution in [1.29, 1.82) is 0 Å². The van der Waals surface area contributed by atoms with E-state index in [1.807, 2.05) is 91.0 Å². The van der Waals surface area contributed by atoms with E-state index in [0.29, 0.717) is 17.7 Å². The molecule has 1 aliphatic rings. The number of ether oxygens (including phenoxy) is 1. The van der Waals surface area contributed by atoms with Gasteiger partial charge in [0, 0.05) is 23.1 Å². The highest BCUT2D eigenvalue weighted by atomic mass is 19.1. The van der Waals surface area contributed by atoms with Gasteiger partial charge in [0.15, 0.2) is 0 Å². The highest BCUT2D eigenvalue weighted by molar-refractivity contribution is 6.13. The molecule has 0 saturated carbocycles. The molecule has 180 valence electrons. The molecule has 0 aromatic heterocycles. The topological polar surface area (TPSA) is 50.7 Å². The minimum Gasteiger partial charge on any atom is -0.365 e. The van der Waals surface area contributed by atoms with Gasteiger partial charge in [0.25, 0.3) is 0 Å². The van der Waals surface area contributed by atoms with Gasteiger partial charge in [-0.3, -0.25) is 4.79 Å². The van der Waals surface area contributed by atoms with Gasteiger partial charge in [0.1, 0.15) is 11.9 Å². The Hall–Kier alpha value is -4.09. The van der Waals surface area contributed by atoms with Gasteiger partial charge in [-0.05, 0) is 30.7 Å². The first-order valence-electron chi connectivity index (χ1n) is 12.0. The van der Waals surface area contributed by atoms with E-state index >= 15 is 4.39 Å². The molecule has 1 saturated heterocycles. The average molecular weight is 479 g/mol. The van der Waals surface area contributed by atoms with Gasteiger partial charge < -0.3 is 10.1 Å². The van der Waals surface area contributed by atoms with Gasteiger partial charge in [-0.1, -0.05) is 91.0 Å². The first-order chi connectivity index (χ1) is 17.5. The van der Waals surface area contributed by atoms with Crippen molar-refractivity contribution in [2.75, 3.05) is 6.61 Å². The summed E-state index contributed by atoms with van der Waals surface area (Å²) in [7, 11) is 0. The number of hydrogen-bond acceptors (Lipinski definition) is 3. The Morgan fingerprint density at radius 2 is 1.50 bits per heavy atom. The molecule has 1 fully saturated rings. The van der Waals surface area contributed by atoms with Crippen molar-refractivity contribution in [2.24, 2.45) is 4.99 Å². The predicted molar refractivity (Wildman–Crippen MR) is 140 cm³/mol. The highest BCUT2D eigenvalue weighted by Gasteiger charge is 2.40. The van der Waals surface area contributed by atoms with E-state index in [1.54, 1.807) is 19.1 Å². The predicted octanol–water partition coefficient (Wildman–Crippen LogP) is 5.97. The molecule has 4 nitrogen and oxygen atoms in total. The van der Waals surface area contributed by atoms with Crippen LogP contribution in [0.3, 0.4) is 0 Å². The summed E-state index contributed by atoms with van der Waals surface area (Å²) >= 11 is 0. The van der Waals surface area contributed by atoms with Crippen molar-refractivity contribution in [1.82, 2.24) is 5.32 Å². The van der Waals surface area contributed by atoms with Crippen LogP contribution in [0.4, 0.5) is 10.1 Å². The molecule has 4 aromatic carbocycles. The van der Waals surface area contributed by atoms with E-state index in [9.17, 15) is 4.79 Å². The van der Waals surface area contributed by atoms with Crippen LogP contribution in [0.5, 0.6) is 0 Å². The zero-order chi connectivity index (χ0) is 25.0. The third kappa shape index (κ3) is 5.11. The highest BCUT2D eigenvalue weighted by Crippen LogP contribution is 2.32. The number of morpholine rings is 1. The zero-order valence-corrected chi connectivity index (χ0v) is 20.0. The summed E-state index contributed by atoms with van der Waals surface area (Å²) in [6.45, 7) is 1.94. The largest absolute Gasteiger partial charge is 0.365 e. The molecule has 1 aliphatic heterocycles. The molecule has 36 heavy (non-hydrogen) atoms. The summed E-state index contributed by atoms with van der Waals surface area (Å²) in [6, 6.07) is 34.2. The number of aliphatic imine (C=N–C) groups is 1. The summed E-state index contributed by atoms with van der Waals surface area (Å²) in [6.07, 6.45) is -0.153. The van der Waals surface area contributed by atoms with Gasteiger partial charge in [0.05, 0.1) is 23.5 Å². The lowest BCUT2D eigenvalue weighted by molar-refractivity contribution is -0.145. The molecule has 0 bridgehead atoms. The molecule has 5 heteroatoms. The molecule has 1 heterocycles. The van der Waals surface area contributed by atoms with Crippen molar-refractivity contribution in [3.05, 3.63) is 137 Å². The molecule has 0 aliphatic carbocycles. The van der Waals surface area contributed by atoms with Gasteiger partial charge in [-0.2, -0.15) is 0 Å². The third-order valence-electron chi connectivity index (χ3n) is 6.41. The van der Waals surface area contributed by atoms with E-state index in [2.05, 4.69) is 5.32 Å². The van der Waals surface area contributed by atoms with E-state index in [0.717, 1.165) is 22.4 Å². The standard InChI is InChI=1S/C31H27FN2O2/c1-31(21-36-28(30(35)34-31)19-22-11-5-2-6-12-22)26-20-25(17-18-27(26)32)33-29(23-13-7-3-8-14-23)24-15-9-4-10-16-24/h2-18,20,28H,19,21H2,1H3,(H,34,35)/t28-,31-/m0/s1. The average Bonchev–Trinajstić information content (AvgIpc) is 2.91. The van der Waals surface area contributed by atoms with Crippen LogP contribution >= 0.6 is 0 Å². The number of halogens is 1. The number of carbonyl (C=O) groups excluding carboxylic acids is 1. The normalized spacial score (nSPS) is 19.4. The van der Waals surface area contributed by atoms with Crippen LogP contribution in [0.2, 0.25) is 0 Å². The Labute approximate surface area is 210 Å². The summed E-state index contributed by atoms with van der Waals surface area (Å²) in [5.74, 6) is -0.669. The molecular formula is C31H27FN2O2. The second-order valence-electron chi connectivity index (χ2n) is 9.17. The maximum absolute atomic E-state index is 15.1. The zero-order valence-electron chi connectivity index (χ0n) is 20.0. The van der Waals surface area contributed by atoms with Crippen molar-refractivity contribution in [3.8, 4) is 0 Å². The number of rotatable bonds is 6. The summed E-state index contributed by atoms with van der Waals surface area (Å²) in [5.41, 5.74) is 3.63. The Kier molecular flexibility index (Phi) is 6.74. The third-order valence-corrected chi connectivity index (χ3v) is 6.41. The minimum absolute atomic E-state index is 0.157. The van der Waals surface area contributed by atoms with Crippen molar-refractivity contribution in [3.63, 3.8) is 0 Å². The fraction of sp³-hybridized carbons (Fsp3) is 0.161. The number of hydrogen-bond donors (Lipinski definition) is 1. The number of carbonyl (C=O) groups is 1. The summed E-state index contributed by atoms with van der Waals surface area (Å²) in [4.78, 5) is 17.9. The molecule has 0 unspecified atom stereocenters. The maximum atomic E-state index is 15.1. The monoisotopic (exact) mass is 478 g/mol. The van der Waals surface area contributed by atoms with E-state index in [4.69, 9.17) is 9.73 Å².